The molecular formula is C23H24F2N6O4S. The molecule has 0 saturated carbocycles. The fourth-order valence-corrected chi connectivity index (χ4v) is 4.27. The second kappa shape index (κ2) is 10.0. The number of aryl methyl sites for hydroxylation is 1. The summed E-state index contributed by atoms with van der Waals surface area (Å²) in [7, 11) is 2.85. The van der Waals surface area contributed by atoms with E-state index in [1.54, 1.807) is 5.38 Å². The summed E-state index contributed by atoms with van der Waals surface area (Å²) in [5.41, 5.74) is -0.203. The Bertz CT molecular complexity index is 1550. The first kappa shape index (κ1) is 25.2. The lowest BCUT2D eigenvalue weighted by Gasteiger charge is -2.10. The van der Waals surface area contributed by atoms with Gasteiger partial charge in [0.2, 0.25) is 5.91 Å². The van der Waals surface area contributed by atoms with Crippen LogP contribution in [0.25, 0.3) is 22.3 Å². The molecule has 4 aromatic rings. The van der Waals surface area contributed by atoms with E-state index < -0.39 is 34.5 Å². The molecule has 36 heavy (non-hydrogen) atoms. The van der Waals surface area contributed by atoms with E-state index in [1.807, 2.05) is 13.8 Å². The number of hydrogen-bond donors (Lipinski definition) is 1. The number of carbonyl (C=O) groups excluding carboxylic acids is 1. The number of benzene rings is 1. The number of nitrogens with zero attached hydrogens (tertiary/aromatic N) is 5. The third-order valence-electron chi connectivity index (χ3n) is 5.54. The lowest BCUT2D eigenvalue weighted by Crippen LogP contribution is -2.37. The average Bonchev–Trinajstić information content (AvgIpc) is 3.45. The van der Waals surface area contributed by atoms with Crippen molar-refractivity contribution in [3.63, 3.8) is 0 Å². The Labute approximate surface area is 207 Å². The summed E-state index contributed by atoms with van der Waals surface area (Å²) in [6.07, 6.45) is 2.00. The van der Waals surface area contributed by atoms with E-state index in [0.29, 0.717) is 17.9 Å². The van der Waals surface area contributed by atoms with E-state index in [0.717, 1.165) is 28.0 Å². The molecule has 1 amide bonds. The zero-order valence-corrected chi connectivity index (χ0v) is 20.9. The molecule has 0 radical (unpaired) electrons. The van der Waals surface area contributed by atoms with Gasteiger partial charge in [0.05, 0.1) is 24.0 Å². The molecule has 13 heteroatoms. The number of ether oxygens (including phenoxy) is 1. The molecule has 0 fully saturated rings. The zero-order chi connectivity index (χ0) is 26.1. The molecule has 0 saturated heterocycles. The highest BCUT2D eigenvalue weighted by Gasteiger charge is 2.18. The molecular weight excluding hydrogens is 494 g/mol. The Morgan fingerprint density at radius 2 is 1.86 bits per heavy atom. The lowest BCUT2D eigenvalue weighted by atomic mass is 10.1. The van der Waals surface area contributed by atoms with Crippen LogP contribution in [-0.4, -0.2) is 36.4 Å². The zero-order valence-electron chi connectivity index (χ0n) is 20.0. The molecule has 0 atom stereocenters. The van der Waals surface area contributed by atoms with Crippen LogP contribution in [0.1, 0.15) is 20.3 Å². The van der Waals surface area contributed by atoms with E-state index in [2.05, 4.69) is 15.4 Å². The van der Waals surface area contributed by atoms with Crippen LogP contribution in [-0.2, 0) is 25.4 Å². The van der Waals surface area contributed by atoms with Gasteiger partial charge in [0.15, 0.2) is 28.0 Å². The third kappa shape index (κ3) is 4.91. The molecule has 1 aromatic carbocycles. The molecule has 1 N–H and O–H groups in total. The van der Waals surface area contributed by atoms with Crippen molar-refractivity contribution in [1.29, 1.82) is 0 Å². The molecule has 4 rings (SSSR count). The van der Waals surface area contributed by atoms with Crippen LogP contribution in [0.3, 0.4) is 0 Å². The minimum Gasteiger partial charge on any atom is -0.488 e. The highest BCUT2D eigenvalue weighted by molar-refractivity contribution is 7.14. The average molecular weight is 519 g/mol. The van der Waals surface area contributed by atoms with E-state index in [-0.39, 0.29) is 35.1 Å². The van der Waals surface area contributed by atoms with Gasteiger partial charge in [-0.1, -0.05) is 13.8 Å². The second-order valence-corrected chi connectivity index (χ2v) is 9.49. The maximum absolute atomic E-state index is 14.5. The van der Waals surface area contributed by atoms with Crippen molar-refractivity contribution in [2.75, 3.05) is 11.9 Å². The first-order valence-corrected chi connectivity index (χ1v) is 11.9. The molecule has 3 heterocycles. The Morgan fingerprint density at radius 3 is 2.53 bits per heavy atom. The first-order chi connectivity index (χ1) is 17.1. The predicted molar refractivity (Wildman–Crippen MR) is 131 cm³/mol. The number of thiazole rings is 1. The molecule has 0 aliphatic carbocycles. The summed E-state index contributed by atoms with van der Waals surface area (Å²) in [6.45, 7) is 3.86. The Morgan fingerprint density at radius 1 is 1.17 bits per heavy atom. The van der Waals surface area contributed by atoms with Crippen molar-refractivity contribution in [2.24, 2.45) is 20.0 Å². The summed E-state index contributed by atoms with van der Waals surface area (Å²) >= 11 is 1.07. The number of amides is 1. The Kier molecular flexibility index (Phi) is 7.02. The van der Waals surface area contributed by atoms with Crippen molar-refractivity contribution in [2.45, 2.75) is 26.8 Å². The molecule has 3 aromatic heterocycles. The van der Waals surface area contributed by atoms with Crippen molar-refractivity contribution in [3.8, 4) is 17.0 Å². The number of nitrogens with one attached hydrogen (secondary N) is 1. The van der Waals surface area contributed by atoms with Crippen LogP contribution in [0.4, 0.5) is 13.9 Å². The summed E-state index contributed by atoms with van der Waals surface area (Å²) in [4.78, 5) is 41.4. The molecule has 190 valence electrons. The summed E-state index contributed by atoms with van der Waals surface area (Å²) in [5.74, 6) is -2.30. The van der Waals surface area contributed by atoms with Crippen molar-refractivity contribution < 1.29 is 18.3 Å². The predicted octanol–water partition coefficient (Wildman–Crippen LogP) is 2.90. The third-order valence-corrected chi connectivity index (χ3v) is 6.30. The maximum atomic E-state index is 14.5. The monoisotopic (exact) mass is 518 g/mol. The first-order valence-electron chi connectivity index (χ1n) is 11.1. The normalized spacial score (nSPS) is 11.4. The number of anilines is 1. The van der Waals surface area contributed by atoms with Gasteiger partial charge in [-0.2, -0.15) is 5.10 Å². The fraction of sp³-hybridized carbons (Fsp3) is 0.348. The van der Waals surface area contributed by atoms with Crippen LogP contribution in [0, 0.1) is 17.6 Å². The van der Waals surface area contributed by atoms with Gasteiger partial charge in [0.25, 0.3) is 5.56 Å². The maximum Gasteiger partial charge on any atom is 0.331 e. The van der Waals surface area contributed by atoms with Crippen LogP contribution in [0.15, 0.2) is 33.3 Å². The second-order valence-electron chi connectivity index (χ2n) is 8.63. The molecule has 0 unspecified atom stereocenters. The van der Waals surface area contributed by atoms with Gasteiger partial charge in [-0.15, -0.1) is 11.3 Å². The highest BCUT2D eigenvalue weighted by atomic mass is 32.1. The molecule has 0 aliphatic heterocycles. The van der Waals surface area contributed by atoms with Crippen LogP contribution >= 0.6 is 11.3 Å². The summed E-state index contributed by atoms with van der Waals surface area (Å²) in [6, 6.07) is 2.26. The highest BCUT2D eigenvalue weighted by Crippen LogP contribution is 2.31. The Balaban J connectivity index is 1.49. The topological polar surface area (TPSA) is 113 Å². The van der Waals surface area contributed by atoms with Gasteiger partial charge < -0.3 is 10.1 Å². The van der Waals surface area contributed by atoms with Crippen LogP contribution in [0.5, 0.6) is 5.75 Å². The number of aromatic nitrogens is 5. The van der Waals surface area contributed by atoms with E-state index in [9.17, 15) is 23.2 Å². The largest absolute Gasteiger partial charge is 0.488 e. The summed E-state index contributed by atoms with van der Waals surface area (Å²) < 4.78 is 37.6. The van der Waals surface area contributed by atoms with Gasteiger partial charge in [0, 0.05) is 25.0 Å². The van der Waals surface area contributed by atoms with Gasteiger partial charge in [-0.05, 0) is 24.5 Å². The van der Waals surface area contributed by atoms with E-state index in [4.69, 9.17) is 4.74 Å². The quantitative estimate of drug-likeness (QED) is 0.384. The molecule has 0 spiro atoms. The minimum absolute atomic E-state index is 0.108. The van der Waals surface area contributed by atoms with Crippen LogP contribution < -0.4 is 21.3 Å². The summed E-state index contributed by atoms with van der Waals surface area (Å²) in [5, 5.41) is 8.41. The van der Waals surface area contributed by atoms with Crippen LogP contribution in [0.2, 0.25) is 0 Å². The molecule has 0 bridgehead atoms. The number of hydrogen-bond acceptors (Lipinski definition) is 7. The van der Waals surface area contributed by atoms with E-state index >= 15 is 0 Å². The van der Waals surface area contributed by atoms with Gasteiger partial charge in [0.1, 0.15) is 6.54 Å². The van der Waals surface area contributed by atoms with Gasteiger partial charge in [-0.25, -0.2) is 23.2 Å². The van der Waals surface area contributed by atoms with Crippen molar-refractivity contribution >= 4 is 33.4 Å². The standard InChI is InChI=1S/C23H24F2N6O4S/c1-12(2)5-6-35-20-14(24)7-13(8-15(20)25)16-11-36-22(27-16)28-18(32)10-31-19-17(9-26-31)29(3)23(34)30(4)21(19)33/h7-9,11-12H,5-6,10H2,1-4H3,(H,27,28,32). The van der Waals surface area contributed by atoms with Crippen molar-refractivity contribution in [1.82, 2.24) is 23.9 Å². The molecule has 0 aliphatic rings. The number of halogens is 2. The van der Waals surface area contributed by atoms with Crippen molar-refractivity contribution in [3.05, 3.63) is 56.2 Å². The molecule has 10 nitrogen and oxygen atoms in total. The number of fused-ring (bicyclic) bond motifs is 1. The number of rotatable bonds is 8. The van der Waals surface area contributed by atoms with E-state index in [1.165, 1.54) is 29.5 Å². The number of carbonyl (C=O) groups is 1. The minimum atomic E-state index is -0.839. The Hall–Kier alpha value is -3.87. The lowest BCUT2D eigenvalue weighted by molar-refractivity contribution is -0.116. The SMILES string of the molecule is CC(C)CCOc1c(F)cc(-c2csc(NC(=O)Cn3ncc4c3c(=O)n(C)c(=O)n4C)n2)cc1F. The van der Waals surface area contributed by atoms with Gasteiger partial charge >= 0.3 is 5.69 Å². The smallest absolute Gasteiger partial charge is 0.331 e. The van der Waals surface area contributed by atoms with Gasteiger partial charge in [-0.3, -0.25) is 18.7 Å². The fourth-order valence-electron chi connectivity index (χ4n) is 3.54.